The summed E-state index contributed by atoms with van der Waals surface area (Å²) < 4.78 is 38.3. The largest absolute Gasteiger partial charge is 0.416 e. The lowest BCUT2D eigenvalue weighted by Gasteiger charge is -2.41. The fourth-order valence-electron chi connectivity index (χ4n) is 3.49. The average Bonchev–Trinajstić information content (AvgIpc) is 2.60. The van der Waals surface area contributed by atoms with Crippen molar-refractivity contribution in [3.63, 3.8) is 0 Å². The highest BCUT2D eigenvalue weighted by Crippen LogP contribution is 2.40. The quantitative estimate of drug-likeness (QED) is 0.856. The highest BCUT2D eigenvalue weighted by atomic mass is 19.4. The van der Waals surface area contributed by atoms with Crippen molar-refractivity contribution in [2.75, 3.05) is 0 Å². The smallest absolute Gasteiger partial charge is 0.385 e. The molecule has 7 heteroatoms. The Labute approximate surface area is 149 Å². The Morgan fingerprint density at radius 2 is 1.88 bits per heavy atom. The fourth-order valence-corrected chi connectivity index (χ4v) is 3.49. The van der Waals surface area contributed by atoms with Gasteiger partial charge in [-0.05, 0) is 43.2 Å². The first-order chi connectivity index (χ1) is 12.2. The highest BCUT2D eigenvalue weighted by molar-refractivity contribution is 5.31. The number of nitrogens with one attached hydrogen (secondary N) is 1. The summed E-state index contributed by atoms with van der Waals surface area (Å²) >= 11 is 0. The number of nitrogens with zero attached hydrogens (tertiary/aromatic N) is 2. The van der Waals surface area contributed by atoms with E-state index >= 15 is 0 Å². The van der Waals surface area contributed by atoms with Crippen molar-refractivity contribution in [1.29, 1.82) is 5.26 Å². The van der Waals surface area contributed by atoms with Gasteiger partial charge in [0.25, 0.3) is 0 Å². The van der Waals surface area contributed by atoms with Gasteiger partial charge in [-0.25, -0.2) is 4.98 Å². The Balaban J connectivity index is 1.90. The zero-order valence-electron chi connectivity index (χ0n) is 14.1. The van der Waals surface area contributed by atoms with Gasteiger partial charge in [0, 0.05) is 12.5 Å². The number of pyridine rings is 1. The summed E-state index contributed by atoms with van der Waals surface area (Å²) in [7, 11) is 0. The molecule has 0 aliphatic carbocycles. The second kappa shape index (κ2) is 6.71. The summed E-state index contributed by atoms with van der Waals surface area (Å²) in [5.41, 5.74) is -0.669. The summed E-state index contributed by atoms with van der Waals surface area (Å²) in [5, 5.41) is 23.5. The van der Waals surface area contributed by atoms with Gasteiger partial charge in [0.15, 0.2) is 0 Å². The van der Waals surface area contributed by atoms with Crippen molar-refractivity contribution in [3.8, 4) is 6.07 Å². The third-order valence-electron chi connectivity index (χ3n) is 4.66. The molecule has 0 saturated carbocycles. The monoisotopic (exact) mass is 361 g/mol. The maximum atomic E-state index is 12.8. The topological polar surface area (TPSA) is 68.9 Å². The lowest BCUT2D eigenvalue weighted by atomic mass is 9.78. The van der Waals surface area contributed by atoms with Crippen LogP contribution >= 0.6 is 0 Å². The number of alkyl halides is 3. The van der Waals surface area contributed by atoms with Crippen LogP contribution in [0.2, 0.25) is 0 Å². The molecule has 26 heavy (non-hydrogen) atoms. The number of aliphatic hydroxyl groups is 1. The number of halogens is 3. The summed E-state index contributed by atoms with van der Waals surface area (Å²) in [6.07, 6.45) is -3.79. The molecule has 0 radical (unpaired) electrons. The van der Waals surface area contributed by atoms with Crippen LogP contribution in [0.1, 0.15) is 48.3 Å². The summed E-state index contributed by atoms with van der Waals surface area (Å²) in [6, 6.07) is 11.3. The van der Waals surface area contributed by atoms with Crippen LogP contribution in [0.4, 0.5) is 13.2 Å². The maximum Gasteiger partial charge on any atom is 0.416 e. The molecule has 1 aliphatic rings. The summed E-state index contributed by atoms with van der Waals surface area (Å²) in [6.45, 7) is 1.90. The molecule has 0 bridgehead atoms. The van der Waals surface area contributed by atoms with E-state index in [0.717, 1.165) is 12.1 Å². The molecule has 1 aromatic heterocycles. The minimum absolute atomic E-state index is 0.0754. The number of hydrogen-bond acceptors (Lipinski definition) is 4. The zero-order chi connectivity index (χ0) is 18.9. The van der Waals surface area contributed by atoms with Gasteiger partial charge in [0.1, 0.15) is 11.8 Å². The van der Waals surface area contributed by atoms with Crippen LogP contribution in [0.5, 0.6) is 0 Å². The number of piperidine rings is 1. The molecule has 2 aromatic rings. The van der Waals surface area contributed by atoms with Gasteiger partial charge in [0.05, 0.1) is 22.9 Å². The molecule has 1 aromatic carbocycles. The Morgan fingerprint density at radius 1 is 1.19 bits per heavy atom. The third-order valence-corrected chi connectivity index (χ3v) is 4.66. The van der Waals surface area contributed by atoms with Gasteiger partial charge < -0.3 is 10.4 Å². The van der Waals surface area contributed by atoms with Gasteiger partial charge in [-0.15, -0.1) is 0 Å². The first-order valence-electron chi connectivity index (χ1n) is 8.24. The second-order valence-corrected chi connectivity index (χ2v) is 6.69. The van der Waals surface area contributed by atoms with Crippen molar-refractivity contribution in [1.82, 2.24) is 10.3 Å². The molecule has 136 valence electrons. The molecular formula is C19H18F3N3O. The van der Waals surface area contributed by atoms with E-state index in [-0.39, 0.29) is 24.2 Å². The maximum absolute atomic E-state index is 12.8. The summed E-state index contributed by atoms with van der Waals surface area (Å²) in [4.78, 5) is 4.27. The van der Waals surface area contributed by atoms with Crippen molar-refractivity contribution < 1.29 is 18.3 Å². The van der Waals surface area contributed by atoms with E-state index in [4.69, 9.17) is 5.26 Å². The van der Waals surface area contributed by atoms with Crippen LogP contribution in [0.3, 0.4) is 0 Å². The molecule has 3 rings (SSSR count). The average molecular weight is 361 g/mol. The Morgan fingerprint density at radius 3 is 2.50 bits per heavy atom. The van der Waals surface area contributed by atoms with Gasteiger partial charge in [-0.3, -0.25) is 0 Å². The minimum Gasteiger partial charge on any atom is -0.385 e. The Kier molecular flexibility index (Phi) is 4.74. The normalized spacial score (nSPS) is 26.3. The van der Waals surface area contributed by atoms with Gasteiger partial charge in [-0.2, -0.15) is 18.4 Å². The molecule has 0 spiro atoms. The molecule has 1 aliphatic heterocycles. The van der Waals surface area contributed by atoms with E-state index in [1.807, 2.05) is 13.0 Å². The molecule has 1 saturated heterocycles. The van der Waals surface area contributed by atoms with Crippen LogP contribution in [0.25, 0.3) is 0 Å². The summed E-state index contributed by atoms with van der Waals surface area (Å²) in [5.74, 6) is 0. The number of nitriles is 1. The number of hydrogen-bond donors (Lipinski definition) is 2. The predicted molar refractivity (Wildman–Crippen MR) is 88.9 cm³/mol. The van der Waals surface area contributed by atoms with E-state index in [9.17, 15) is 18.3 Å². The lowest BCUT2D eigenvalue weighted by Crippen LogP contribution is -2.47. The van der Waals surface area contributed by atoms with E-state index in [2.05, 4.69) is 10.3 Å². The Bertz CT molecular complexity index is 829. The Hall–Kier alpha value is -2.43. The molecule has 3 atom stereocenters. The SMILES string of the molecule is C[C@H]1CC(O)(c2ccc(C(F)(F)F)cc2)C[C@@H](c2cccc(C#N)n2)N1. The zero-order valence-corrected chi connectivity index (χ0v) is 14.1. The van der Waals surface area contributed by atoms with Crippen molar-refractivity contribution >= 4 is 0 Å². The minimum atomic E-state index is -4.41. The van der Waals surface area contributed by atoms with Crippen molar-refractivity contribution in [2.45, 2.75) is 43.6 Å². The first-order valence-corrected chi connectivity index (χ1v) is 8.24. The standard InChI is InChI=1S/C19H18F3N3O/c1-12-9-18(26,13-5-7-14(8-6-13)19(20,21)22)10-17(24-12)16-4-2-3-15(11-23)25-16/h2-8,12,17,24,26H,9-10H2,1H3/t12-,17-,18?/m0/s1. The first kappa shape index (κ1) is 18.4. The van der Waals surface area contributed by atoms with Gasteiger partial charge in [0.2, 0.25) is 0 Å². The van der Waals surface area contributed by atoms with Crippen LogP contribution < -0.4 is 5.32 Å². The molecule has 0 amide bonds. The predicted octanol–water partition coefficient (Wildman–Crippen LogP) is 3.67. The second-order valence-electron chi connectivity index (χ2n) is 6.69. The fraction of sp³-hybridized carbons (Fsp3) is 0.368. The van der Waals surface area contributed by atoms with Crippen molar-refractivity contribution in [3.05, 3.63) is 65.0 Å². The molecule has 2 heterocycles. The molecular weight excluding hydrogens is 343 g/mol. The van der Waals surface area contributed by atoms with Crippen molar-refractivity contribution in [2.24, 2.45) is 0 Å². The number of rotatable bonds is 2. The molecule has 2 N–H and O–H groups in total. The molecule has 4 nitrogen and oxygen atoms in total. The molecule has 1 fully saturated rings. The van der Waals surface area contributed by atoms with E-state index in [1.54, 1.807) is 18.2 Å². The van der Waals surface area contributed by atoms with Crippen LogP contribution in [-0.2, 0) is 11.8 Å². The van der Waals surface area contributed by atoms with Gasteiger partial charge >= 0.3 is 6.18 Å². The van der Waals surface area contributed by atoms with E-state index in [0.29, 0.717) is 17.7 Å². The third kappa shape index (κ3) is 3.71. The van der Waals surface area contributed by atoms with E-state index < -0.39 is 17.3 Å². The van der Waals surface area contributed by atoms with Crippen LogP contribution in [0.15, 0.2) is 42.5 Å². The lowest BCUT2D eigenvalue weighted by molar-refractivity contribution is -0.137. The van der Waals surface area contributed by atoms with Crippen LogP contribution in [0, 0.1) is 11.3 Å². The van der Waals surface area contributed by atoms with E-state index in [1.165, 1.54) is 12.1 Å². The number of benzene rings is 1. The van der Waals surface area contributed by atoms with Crippen LogP contribution in [-0.4, -0.2) is 16.1 Å². The highest BCUT2D eigenvalue weighted by Gasteiger charge is 2.40. The number of aromatic nitrogens is 1. The molecule has 1 unspecified atom stereocenters. The van der Waals surface area contributed by atoms with Gasteiger partial charge in [-0.1, -0.05) is 18.2 Å².